The van der Waals surface area contributed by atoms with E-state index in [-0.39, 0.29) is 23.5 Å². The molecule has 39 heavy (non-hydrogen) atoms. The number of nitrogens with zero attached hydrogens (tertiary/aromatic N) is 3. The number of hydrogen-bond acceptors (Lipinski definition) is 7. The van der Waals surface area contributed by atoms with E-state index in [1.54, 1.807) is 11.6 Å². The van der Waals surface area contributed by atoms with E-state index in [1.807, 2.05) is 36.4 Å². The summed E-state index contributed by atoms with van der Waals surface area (Å²) in [5.41, 5.74) is 8.26. The molecule has 1 saturated carbocycles. The third-order valence-corrected chi connectivity index (χ3v) is 7.53. The number of carbonyl (C=O) groups is 1. The number of nitrogens with two attached hydrogens (primary N) is 1. The Labute approximate surface area is 226 Å². The molecule has 5 aromatic rings. The first kappa shape index (κ1) is 24.9. The van der Waals surface area contributed by atoms with Crippen molar-refractivity contribution in [1.29, 1.82) is 0 Å². The van der Waals surface area contributed by atoms with Gasteiger partial charge in [-0.05, 0) is 31.7 Å². The standard InChI is InChI=1S/C28H25F2N7OS/c29-16-9-19-20(13-32-25(19)21(30)10-16)26-35-22(15-5-2-1-3-6-15)12-24(37-26)33-17-7-4-8-18(11-17)34-27(38)23-14-39-28(31)36-23/h1-3,5-6,9-10,12-14,17-18,32H,4,7-8,11H2,(H2,31,36)(H,34,38)(H,33,35,37)/t17-,18+/m1/s1. The van der Waals surface area contributed by atoms with Gasteiger partial charge < -0.3 is 21.4 Å². The van der Waals surface area contributed by atoms with Gasteiger partial charge >= 0.3 is 0 Å². The number of benzene rings is 2. The zero-order chi connectivity index (χ0) is 26.9. The Hall–Kier alpha value is -4.38. The summed E-state index contributed by atoms with van der Waals surface area (Å²) >= 11 is 1.23. The molecule has 1 aliphatic rings. The van der Waals surface area contributed by atoms with E-state index in [9.17, 15) is 13.6 Å². The van der Waals surface area contributed by atoms with Gasteiger partial charge in [0.25, 0.3) is 5.91 Å². The van der Waals surface area contributed by atoms with Crippen LogP contribution in [0.5, 0.6) is 0 Å². The van der Waals surface area contributed by atoms with Gasteiger partial charge in [0.2, 0.25) is 0 Å². The van der Waals surface area contributed by atoms with E-state index < -0.39 is 11.6 Å². The molecule has 0 spiro atoms. The van der Waals surface area contributed by atoms with Gasteiger partial charge in [-0.15, -0.1) is 11.3 Å². The van der Waals surface area contributed by atoms with Crippen LogP contribution in [0.15, 0.2) is 60.1 Å². The van der Waals surface area contributed by atoms with E-state index in [0.717, 1.165) is 30.9 Å². The quantitative estimate of drug-likeness (QED) is 0.215. The van der Waals surface area contributed by atoms with Crippen LogP contribution in [0.3, 0.4) is 0 Å². The molecular weight excluding hydrogens is 520 g/mol. The van der Waals surface area contributed by atoms with Crippen LogP contribution < -0.4 is 16.4 Å². The zero-order valence-electron chi connectivity index (χ0n) is 20.7. The predicted molar refractivity (Wildman–Crippen MR) is 148 cm³/mol. The first-order chi connectivity index (χ1) is 18.9. The topological polar surface area (TPSA) is 122 Å². The molecule has 3 heterocycles. The lowest BCUT2D eigenvalue weighted by atomic mass is 9.91. The number of carbonyl (C=O) groups excluding carboxylic acids is 1. The van der Waals surface area contributed by atoms with Crippen molar-refractivity contribution in [2.45, 2.75) is 37.8 Å². The highest BCUT2D eigenvalue weighted by molar-refractivity contribution is 7.13. The van der Waals surface area contributed by atoms with E-state index in [2.05, 4.69) is 20.6 Å². The lowest BCUT2D eigenvalue weighted by Crippen LogP contribution is -2.42. The van der Waals surface area contributed by atoms with Crippen LogP contribution in [0, 0.1) is 11.6 Å². The molecule has 1 fully saturated rings. The molecule has 2 aromatic carbocycles. The number of rotatable bonds is 6. The number of H-pyrrole nitrogens is 1. The van der Waals surface area contributed by atoms with Crippen molar-refractivity contribution in [1.82, 2.24) is 25.3 Å². The van der Waals surface area contributed by atoms with E-state index in [1.165, 1.54) is 17.4 Å². The number of nitrogen functional groups attached to an aromatic ring is 1. The van der Waals surface area contributed by atoms with Gasteiger partial charge in [0.15, 0.2) is 11.0 Å². The van der Waals surface area contributed by atoms with Crippen molar-refractivity contribution >= 4 is 39.1 Å². The van der Waals surface area contributed by atoms with Gasteiger partial charge in [0.1, 0.15) is 23.1 Å². The number of hydrogen-bond donors (Lipinski definition) is 4. The van der Waals surface area contributed by atoms with Gasteiger partial charge in [0, 0.05) is 52.3 Å². The Kier molecular flexibility index (Phi) is 6.65. The maximum Gasteiger partial charge on any atom is 0.271 e. The summed E-state index contributed by atoms with van der Waals surface area (Å²) in [5, 5.41) is 8.96. The molecule has 11 heteroatoms. The maximum atomic E-state index is 14.4. The molecule has 8 nitrogen and oxygen atoms in total. The number of halogens is 2. The maximum absolute atomic E-state index is 14.4. The molecule has 3 aromatic heterocycles. The van der Waals surface area contributed by atoms with Crippen LogP contribution in [0.1, 0.15) is 36.2 Å². The summed E-state index contributed by atoms with van der Waals surface area (Å²) in [7, 11) is 0. The molecule has 6 rings (SSSR count). The largest absolute Gasteiger partial charge is 0.375 e. The Morgan fingerprint density at radius 2 is 1.87 bits per heavy atom. The molecule has 5 N–H and O–H groups in total. The Balaban J connectivity index is 1.29. The Bertz CT molecular complexity index is 1650. The summed E-state index contributed by atoms with van der Waals surface area (Å²) in [4.78, 5) is 29.1. The lowest BCUT2D eigenvalue weighted by Gasteiger charge is -2.30. The van der Waals surface area contributed by atoms with Crippen LogP contribution >= 0.6 is 11.3 Å². The van der Waals surface area contributed by atoms with Gasteiger partial charge in [-0.1, -0.05) is 30.3 Å². The average molecular weight is 546 g/mol. The minimum atomic E-state index is -0.676. The highest BCUT2D eigenvalue weighted by atomic mass is 32.1. The molecule has 198 valence electrons. The van der Waals surface area contributed by atoms with Crippen molar-refractivity contribution < 1.29 is 13.6 Å². The molecule has 0 bridgehead atoms. The van der Waals surface area contributed by atoms with Gasteiger partial charge in [0.05, 0.1) is 11.2 Å². The monoisotopic (exact) mass is 545 g/mol. The van der Waals surface area contributed by atoms with E-state index >= 15 is 0 Å². The van der Waals surface area contributed by atoms with Crippen molar-refractivity contribution in [3.05, 3.63) is 77.4 Å². The molecule has 1 amide bonds. The number of amides is 1. The predicted octanol–water partition coefficient (Wildman–Crippen LogP) is 5.76. The number of thiazole rings is 1. The first-order valence-electron chi connectivity index (χ1n) is 12.6. The minimum absolute atomic E-state index is 0.0267. The first-order valence-corrected chi connectivity index (χ1v) is 13.5. The fraction of sp³-hybridized carbons (Fsp3) is 0.214. The Morgan fingerprint density at radius 3 is 2.67 bits per heavy atom. The second-order valence-electron chi connectivity index (χ2n) is 9.59. The zero-order valence-corrected chi connectivity index (χ0v) is 21.6. The third-order valence-electron chi connectivity index (χ3n) is 6.86. The molecular formula is C28H25F2N7OS. The highest BCUT2D eigenvalue weighted by Crippen LogP contribution is 2.32. The van der Waals surface area contributed by atoms with Crippen molar-refractivity contribution in [3.63, 3.8) is 0 Å². The fourth-order valence-electron chi connectivity index (χ4n) is 5.05. The van der Waals surface area contributed by atoms with E-state index in [4.69, 9.17) is 15.7 Å². The minimum Gasteiger partial charge on any atom is -0.375 e. The van der Waals surface area contributed by atoms with Crippen LogP contribution in [-0.4, -0.2) is 37.9 Å². The SMILES string of the molecule is Nc1nc(C(=O)N[C@H]2CCC[C@@H](Nc3cc(-c4ccccc4)nc(-c4c[nH]c5c(F)cc(F)cc45)n3)C2)cs1. The number of aromatic amines is 1. The average Bonchev–Trinajstić information content (AvgIpc) is 3.56. The molecule has 1 aliphatic carbocycles. The summed E-state index contributed by atoms with van der Waals surface area (Å²) in [6, 6.07) is 13.7. The Morgan fingerprint density at radius 1 is 1.05 bits per heavy atom. The van der Waals surface area contributed by atoms with Crippen LogP contribution in [-0.2, 0) is 0 Å². The highest BCUT2D eigenvalue weighted by Gasteiger charge is 2.25. The van der Waals surface area contributed by atoms with Gasteiger partial charge in [-0.3, -0.25) is 4.79 Å². The number of fused-ring (bicyclic) bond motifs is 1. The summed E-state index contributed by atoms with van der Waals surface area (Å²) in [5.74, 6) is -0.646. The van der Waals surface area contributed by atoms with Crippen LogP contribution in [0.25, 0.3) is 33.5 Å². The summed E-state index contributed by atoms with van der Waals surface area (Å²) in [6.45, 7) is 0. The molecule has 0 unspecified atom stereocenters. The van der Waals surface area contributed by atoms with Crippen molar-refractivity contribution in [3.8, 4) is 22.6 Å². The second-order valence-corrected chi connectivity index (χ2v) is 10.5. The van der Waals surface area contributed by atoms with Crippen LogP contribution in [0.4, 0.5) is 19.7 Å². The summed E-state index contributed by atoms with van der Waals surface area (Å²) < 4.78 is 28.5. The smallest absolute Gasteiger partial charge is 0.271 e. The number of anilines is 2. The molecule has 0 radical (unpaired) electrons. The lowest BCUT2D eigenvalue weighted by molar-refractivity contribution is 0.0922. The molecule has 2 atom stereocenters. The van der Waals surface area contributed by atoms with Crippen molar-refractivity contribution in [2.75, 3.05) is 11.1 Å². The molecule has 0 aliphatic heterocycles. The molecule has 0 saturated heterocycles. The van der Waals surface area contributed by atoms with Gasteiger partial charge in [-0.25, -0.2) is 23.7 Å². The van der Waals surface area contributed by atoms with Gasteiger partial charge in [-0.2, -0.15) is 0 Å². The summed E-state index contributed by atoms with van der Waals surface area (Å²) in [6.07, 6.45) is 4.99. The third kappa shape index (κ3) is 5.30. The number of nitrogens with one attached hydrogen (secondary N) is 3. The normalized spacial score (nSPS) is 17.3. The second kappa shape index (κ2) is 10.4. The van der Waals surface area contributed by atoms with Crippen LogP contribution in [0.2, 0.25) is 0 Å². The van der Waals surface area contributed by atoms with E-state index in [0.29, 0.717) is 45.5 Å². The fourth-order valence-corrected chi connectivity index (χ4v) is 5.59. The van der Waals surface area contributed by atoms with Crippen molar-refractivity contribution in [2.24, 2.45) is 0 Å². The number of aromatic nitrogens is 4.